The quantitative estimate of drug-likeness (QED) is 0.750. The van der Waals surface area contributed by atoms with Crippen molar-refractivity contribution in [2.45, 2.75) is 6.61 Å². The standard InChI is InChI=1S/C7H5NO.C7H6O/c8-5-6-2-1-3-7(9)4-6;1-3-7-4-2-6(1)5-8-7/h1-4,9H;1-4H,5H2. The van der Waals surface area contributed by atoms with Gasteiger partial charge in [-0.3, -0.25) is 0 Å². The number of rotatable bonds is 0. The van der Waals surface area contributed by atoms with Gasteiger partial charge in [0.05, 0.1) is 11.6 Å². The van der Waals surface area contributed by atoms with Crippen LogP contribution in [0.1, 0.15) is 11.1 Å². The smallest absolute Gasteiger partial charge is 0.119 e. The minimum absolute atomic E-state index is 0.133. The van der Waals surface area contributed by atoms with Gasteiger partial charge in [0.15, 0.2) is 0 Å². The maximum Gasteiger partial charge on any atom is 0.119 e. The van der Waals surface area contributed by atoms with Gasteiger partial charge in [0.2, 0.25) is 0 Å². The lowest BCUT2D eigenvalue weighted by molar-refractivity contribution is 0.295. The zero-order valence-electron chi connectivity index (χ0n) is 9.13. The minimum Gasteiger partial charge on any atom is -0.508 e. The second-order valence-corrected chi connectivity index (χ2v) is 3.59. The molecule has 0 atom stereocenters. The van der Waals surface area contributed by atoms with Crippen LogP contribution in [0.4, 0.5) is 0 Å². The van der Waals surface area contributed by atoms with E-state index < -0.39 is 0 Å². The molecule has 84 valence electrons. The topological polar surface area (TPSA) is 53.2 Å². The van der Waals surface area contributed by atoms with Crippen LogP contribution < -0.4 is 4.74 Å². The Hall–Kier alpha value is -2.47. The average molecular weight is 225 g/mol. The highest BCUT2D eigenvalue weighted by Crippen LogP contribution is 2.19. The Morgan fingerprint density at radius 3 is 2.18 bits per heavy atom. The predicted molar refractivity (Wildman–Crippen MR) is 63.6 cm³/mol. The molecule has 1 N–H and O–H groups in total. The van der Waals surface area contributed by atoms with Crippen LogP contribution in [0.25, 0.3) is 0 Å². The first-order valence-electron chi connectivity index (χ1n) is 5.19. The molecule has 3 heteroatoms. The highest BCUT2D eigenvalue weighted by molar-refractivity contribution is 5.35. The Balaban J connectivity index is 0.000000127. The number of nitriles is 1. The zero-order chi connectivity index (χ0) is 12.1. The van der Waals surface area contributed by atoms with E-state index in [1.807, 2.05) is 18.2 Å². The summed E-state index contributed by atoms with van der Waals surface area (Å²) < 4.78 is 5.18. The van der Waals surface area contributed by atoms with Crippen molar-refractivity contribution < 1.29 is 9.84 Å². The Morgan fingerprint density at radius 1 is 1.12 bits per heavy atom. The molecule has 0 radical (unpaired) electrons. The Kier molecular flexibility index (Phi) is 3.27. The molecule has 2 aromatic carbocycles. The van der Waals surface area contributed by atoms with Gasteiger partial charge in [-0.1, -0.05) is 18.2 Å². The van der Waals surface area contributed by atoms with E-state index >= 15 is 0 Å². The third kappa shape index (κ3) is 2.99. The molecule has 2 aromatic rings. The van der Waals surface area contributed by atoms with Gasteiger partial charge < -0.3 is 9.84 Å². The first-order valence-corrected chi connectivity index (χ1v) is 5.19. The van der Waals surface area contributed by atoms with Crippen LogP contribution in [0.15, 0.2) is 48.5 Å². The summed E-state index contributed by atoms with van der Waals surface area (Å²) in [7, 11) is 0. The number of phenols is 1. The lowest BCUT2D eigenvalue weighted by Crippen LogP contribution is -2.00. The normalized spacial score (nSPS) is 10.8. The molecular weight excluding hydrogens is 214 g/mol. The van der Waals surface area contributed by atoms with E-state index in [2.05, 4.69) is 12.1 Å². The van der Waals surface area contributed by atoms with Crippen LogP contribution in [0.3, 0.4) is 0 Å². The molecule has 0 fully saturated rings. The monoisotopic (exact) mass is 225 g/mol. The van der Waals surface area contributed by atoms with Gasteiger partial charge in [-0.25, -0.2) is 0 Å². The molecule has 0 spiro atoms. The van der Waals surface area contributed by atoms with Crippen molar-refractivity contribution in [2.24, 2.45) is 0 Å². The lowest BCUT2D eigenvalue weighted by atomic mass is 10.2. The van der Waals surface area contributed by atoms with Gasteiger partial charge in [-0.05, 0) is 35.9 Å². The van der Waals surface area contributed by atoms with Crippen molar-refractivity contribution in [3.05, 3.63) is 59.7 Å². The van der Waals surface area contributed by atoms with E-state index in [0.29, 0.717) is 5.56 Å². The highest BCUT2D eigenvalue weighted by Gasteiger charge is 2.01. The van der Waals surface area contributed by atoms with Crippen LogP contribution in [0, 0.1) is 11.3 Å². The molecule has 2 bridgehead atoms. The summed E-state index contributed by atoms with van der Waals surface area (Å²) in [4.78, 5) is 0. The number of benzene rings is 2. The van der Waals surface area contributed by atoms with Crippen LogP contribution in [0.5, 0.6) is 11.5 Å². The molecule has 17 heavy (non-hydrogen) atoms. The van der Waals surface area contributed by atoms with Crippen LogP contribution in [-0.4, -0.2) is 5.11 Å². The van der Waals surface area contributed by atoms with E-state index in [9.17, 15) is 0 Å². The van der Waals surface area contributed by atoms with Crippen LogP contribution in [0.2, 0.25) is 0 Å². The Labute approximate surface area is 99.5 Å². The number of fused-ring (bicyclic) bond motifs is 3. The number of ether oxygens (including phenoxy) is 1. The van der Waals surface area contributed by atoms with Crippen LogP contribution >= 0.6 is 0 Å². The highest BCUT2D eigenvalue weighted by atomic mass is 16.5. The maximum absolute atomic E-state index is 8.79. The van der Waals surface area contributed by atoms with Crippen molar-refractivity contribution in [1.82, 2.24) is 0 Å². The summed E-state index contributed by atoms with van der Waals surface area (Å²) in [6.45, 7) is 0.766. The number of phenolic OH excluding ortho intramolecular Hbond substituents is 1. The minimum atomic E-state index is 0.133. The fraction of sp³-hybridized carbons (Fsp3) is 0.0714. The molecule has 2 heterocycles. The summed E-state index contributed by atoms with van der Waals surface area (Å²) in [5.41, 5.74) is 1.75. The number of hydrogen-bond acceptors (Lipinski definition) is 3. The van der Waals surface area contributed by atoms with Crippen molar-refractivity contribution in [2.75, 3.05) is 0 Å². The SMILES string of the molecule is N#Cc1cccc(O)c1.c1cc2ccc1CO2. The summed E-state index contributed by atoms with van der Waals surface area (Å²) in [5.74, 6) is 1.12. The molecule has 3 nitrogen and oxygen atoms in total. The summed E-state index contributed by atoms with van der Waals surface area (Å²) in [5, 5.41) is 17.1. The van der Waals surface area contributed by atoms with E-state index in [-0.39, 0.29) is 5.75 Å². The third-order valence-corrected chi connectivity index (χ3v) is 2.30. The Morgan fingerprint density at radius 2 is 1.88 bits per heavy atom. The fourth-order valence-corrected chi connectivity index (χ4v) is 1.42. The predicted octanol–water partition coefficient (Wildman–Crippen LogP) is 2.84. The number of hydrogen-bond donors (Lipinski definition) is 1. The second kappa shape index (κ2) is 5.04. The lowest BCUT2D eigenvalue weighted by Gasteiger charge is -2.11. The van der Waals surface area contributed by atoms with E-state index in [1.165, 1.54) is 17.7 Å². The van der Waals surface area contributed by atoms with Gasteiger partial charge in [-0.15, -0.1) is 0 Å². The first-order chi connectivity index (χ1) is 8.28. The largest absolute Gasteiger partial charge is 0.508 e. The third-order valence-electron chi connectivity index (χ3n) is 2.30. The summed E-state index contributed by atoms with van der Waals surface area (Å²) in [6, 6.07) is 16.3. The van der Waals surface area contributed by atoms with E-state index in [1.54, 1.807) is 12.1 Å². The molecule has 0 amide bonds. The van der Waals surface area contributed by atoms with Gasteiger partial charge in [0, 0.05) is 0 Å². The average Bonchev–Trinajstić information content (AvgIpc) is 2.42. The second-order valence-electron chi connectivity index (χ2n) is 3.59. The molecule has 0 unspecified atom stereocenters. The zero-order valence-corrected chi connectivity index (χ0v) is 9.13. The molecule has 2 aliphatic heterocycles. The van der Waals surface area contributed by atoms with E-state index in [4.69, 9.17) is 15.1 Å². The molecular formula is C14H11NO2. The van der Waals surface area contributed by atoms with Crippen molar-refractivity contribution >= 4 is 0 Å². The van der Waals surface area contributed by atoms with Crippen molar-refractivity contribution in [3.8, 4) is 17.6 Å². The Bertz CT molecular complexity index is 518. The number of nitrogens with zero attached hydrogens (tertiary/aromatic N) is 1. The molecule has 2 aliphatic rings. The van der Waals surface area contributed by atoms with Crippen LogP contribution in [-0.2, 0) is 6.61 Å². The molecule has 0 saturated heterocycles. The van der Waals surface area contributed by atoms with Crippen molar-refractivity contribution in [3.63, 3.8) is 0 Å². The maximum atomic E-state index is 8.79. The summed E-state index contributed by atoms with van der Waals surface area (Å²) in [6.07, 6.45) is 0. The van der Waals surface area contributed by atoms with Gasteiger partial charge in [0.1, 0.15) is 18.1 Å². The summed E-state index contributed by atoms with van der Waals surface area (Å²) >= 11 is 0. The fourth-order valence-electron chi connectivity index (χ4n) is 1.42. The molecule has 0 saturated carbocycles. The molecule has 4 rings (SSSR count). The van der Waals surface area contributed by atoms with Gasteiger partial charge in [0.25, 0.3) is 0 Å². The van der Waals surface area contributed by atoms with E-state index in [0.717, 1.165) is 12.4 Å². The molecule has 0 aliphatic carbocycles. The number of aromatic hydroxyl groups is 1. The van der Waals surface area contributed by atoms with Gasteiger partial charge >= 0.3 is 0 Å². The van der Waals surface area contributed by atoms with Crippen molar-refractivity contribution in [1.29, 1.82) is 5.26 Å². The molecule has 0 aromatic heterocycles. The van der Waals surface area contributed by atoms with Gasteiger partial charge in [-0.2, -0.15) is 5.26 Å². The first kappa shape index (κ1) is 11.0.